The normalized spacial score (nSPS) is 14.3. The number of aryl methyl sites for hydroxylation is 1. The largest absolute Gasteiger partial charge is 0.487 e. The van der Waals surface area contributed by atoms with Crippen molar-refractivity contribution in [1.82, 2.24) is 4.98 Å². The summed E-state index contributed by atoms with van der Waals surface area (Å²) in [7, 11) is 0. The van der Waals surface area contributed by atoms with E-state index in [4.69, 9.17) is 4.74 Å². The van der Waals surface area contributed by atoms with Crippen LogP contribution in [-0.4, -0.2) is 10.8 Å². The molecule has 1 heterocycles. The number of hydrogen-bond acceptors (Lipinski definition) is 4. The standard InChI is InChI=1S/C17H19NO2S/c1-11(2)17-18-13(10-21-17)9-20-14-7-6-12-4-3-5-16(19)15(12)8-14/h6-8,10-11H,3-5,9H2,1-2H3. The fourth-order valence-electron chi connectivity index (χ4n) is 2.51. The molecule has 4 heteroatoms. The minimum atomic E-state index is 0.234. The van der Waals surface area contributed by atoms with Crippen LogP contribution in [0.1, 0.15) is 59.2 Å². The van der Waals surface area contributed by atoms with E-state index in [-0.39, 0.29) is 5.78 Å². The Kier molecular flexibility index (Phi) is 4.06. The quantitative estimate of drug-likeness (QED) is 0.842. The van der Waals surface area contributed by atoms with Crippen LogP contribution in [0.5, 0.6) is 5.75 Å². The first kappa shape index (κ1) is 14.3. The van der Waals surface area contributed by atoms with E-state index in [0.29, 0.717) is 18.9 Å². The van der Waals surface area contributed by atoms with Gasteiger partial charge in [-0.15, -0.1) is 11.3 Å². The molecule has 2 aromatic rings. The number of rotatable bonds is 4. The second-order valence-corrected chi connectivity index (χ2v) is 6.61. The molecule has 1 aromatic heterocycles. The Labute approximate surface area is 129 Å². The SMILES string of the molecule is CC(C)c1nc(COc2ccc3c(c2)C(=O)CCC3)cs1. The first-order chi connectivity index (χ1) is 10.1. The highest BCUT2D eigenvalue weighted by Gasteiger charge is 2.17. The number of thiazole rings is 1. The number of ether oxygens (including phenoxy) is 1. The molecule has 0 bridgehead atoms. The summed E-state index contributed by atoms with van der Waals surface area (Å²) in [6.07, 6.45) is 2.61. The van der Waals surface area contributed by atoms with Gasteiger partial charge in [0.25, 0.3) is 0 Å². The van der Waals surface area contributed by atoms with Crippen molar-refractivity contribution in [3.63, 3.8) is 0 Å². The third-order valence-corrected chi connectivity index (χ3v) is 4.88. The first-order valence-corrected chi connectivity index (χ1v) is 8.24. The summed E-state index contributed by atoms with van der Waals surface area (Å²) in [6.45, 7) is 4.73. The molecular formula is C17H19NO2S. The number of Topliss-reactive ketones (excluding diaryl/α,β-unsaturated/α-hetero) is 1. The second-order valence-electron chi connectivity index (χ2n) is 5.72. The molecule has 1 aromatic carbocycles. The van der Waals surface area contributed by atoms with Gasteiger partial charge in [-0.3, -0.25) is 4.79 Å². The number of hydrogen-bond donors (Lipinski definition) is 0. The molecule has 0 saturated carbocycles. The number of nitrogens with zero attached hydrogens (tertiary/aromatic N) is 1. The van der Waals surface area contributed by atoms with Crippen LogP contribution >= 0.6 is 11.3 Å². The smallest absolute Gasteiger partial charge is 0.163 e. The average Bonchev–Trinajstić information content (AvgIpc) is 2.95. The summed E-state index contributed by atoms with van der Waals surface area (Å²) in [5.74, 6) is 1.44. The van der Waals surface area contributed by atoms with E-state index in [0.717, 1.165) is 40.4 Å². The van der Waals surface area contributed by atoms with Crippen molar-refractivity contribution >= 4 is 17.1 Å². The van der Waals surface area contributed by atoms with Crippen LogP contribution in [0.2, 0.25) is 0 Å². The predicted octanol–water partition coefficient (Wildman–Crippen LogP) is 4.36. The number of aromatic nitrogens is 1. The molecule has 1 aliphatic rings. The van der Waals surface area contributed by atoms with Crippen molar-refractivity contribution < 1.29 is 9.53 Å². The van der Waals surface area contributed by atoms with Crippen LogP contribution < -0.4 is 4.74 Å². The number of carbonyl (C=O) groups excluding carboxylic acids is 1. The van der Waals surface area contributed by atoms with Crippen molar-refractivity contribution in [2.24, 2.45) is 0 Å². The third-order valence-electron chi connectivity index (χ3n) is 3.68. The molecule has 0 N–H and O–H groups in total. The minimum absolute atomic E-state index is 0.234. The van der Waals surface area contributed by atoms with Crippen LogP contribution in [0.25, 0.3) is 0 Å². The summed E-state index contributed by atoms with van der Waals surface area (Å²) in [5.41, 5.74) is 2.93. The van der Waals surface area contributed by atoms with E-state index in [1.165, 1.54) is 0 Å². The molecule has 3 nitrogen and oxygen atoms in total. The van der Waals surface area contributed by atoms with Crippen molar-refractivity contribution in [1.29, 1.82) is 0 Å². The van der Waals surface area contributed by atoms with E-state index in [1.54, 1.807) is 11.3 Å². The molecule has 0 atom stereocenters. The van der Waals surface area contributed by atoms with Crippen LogP contribution in [0.4, 0.5) is 0 Å². The van der Waals surface area contributed by atoms with Gasteiger partial charge in [0.1, 0.15) is 12.4 Å². The van der Waals surface area contributed by atoms with Crippen LogP contribution in [0.15, 0.2) is 23.6 Å². The lowest BCUT2D eigenvalue weighted by atomic mass is 9.90. The van der Waals surface area contributed by atoms with E-state index in [2.05, 4.69) is 18.8 Å². The zero-order valence-corrected chi connectivity index (χ0v) is 13.2. The van der Waals surface area contributed by atoms with E-state index < -0.39 is 0 Å². The van der Waals surface area contributed by atoms with Crippen molar-refractivity contribution in [3.8, 4) is 5.75 Å². The fourth-order valence-corrected chi connectivity index (χ4v) is 3.33. The number of benzene rings is 1. The Morgan fingerprint density at radius 1 is 1.33 bits per heavy atom. The average molecular weight is 301 g/mol. The lowest BCUT2D eigenvalue weighted by molar-refractivity contribution is 0.0972. The summed E-state index contributed by atoms with van der Waals surface area (Å²) in [5, 5.41) is 3.17. The van der Waals surface area contributed by atoms with Gasteiger partial charge in [-0.25, -0.2) is 4.98 Å². The summed E-state index contributed by atoms with van der Waals surface area (Å²) < 4.78 is 5.79. The topological polar surface area (TPSA) is 39.2 Å². The predicted molar refractivity (Wildman–Crippen MR) is 84.2 cm³/mol. The molecule has 0 spiro atoms. The van der Waals surface area contributed by atoms with E-state index in [9.17, 15) is 4.79 Å². The molecular weight excluding hydrogens is 282 g/mol. The highest BCUT2D eigenvalue weighted by Crippen LogP contribution is 2.26. The summed E-state index contributed by atoms with van der Waals surface area (Å²) in [4.78, 5) is 16.5. The number of fused-ring (bicyclic) bond motifs is 1. The molecule has 0 amide bonds. The molecule has 0 fully saturated rings. The van der Waals surface area contributed by atoms with Gasteiger partial charge in [-0.2, -0.15) is 0 Å². The molecule has 21 heavy (non-hydrogen) atoms. The van der Waals surface area contributed by atoms with Crippen molar-refractivity contribution in [2.75, 3.05) is 0 Å². The highest BCUT2D eigenvalue weighted by molar-refractivity contribution is 7.09. The Balaban J connectivity index is 1.70. The Hall–Kier alpha value is -1.68. The van der Waals surface area contributed by atoms with Gasteiger partial charge in [-0.1, -0.05) is 19.9 Å². The molecule has 0 saturated heterocycles. The molecule has 0 aliphatic heterocycles. The van der Waals surface area contributed by atoms with Gasteiger partial charge in [0, 0.05) is 23.3 Å². The minimum Gasteiger partial charge on any atom is -0.487 e. The summed E-state index contributed by atoms with van der Waals surface area (Å²) in [6, 6.07) is 5.85. The maximum Gasteiger partial charge on any atom is 0.163 e. The fraction of sp³-hybridized carbons (Fsp3) is 0.412. The highest BCUT2D eigenvalue weighted by atomic mass is 32.1. The van der Waals surface area contributed by atoms with Crippen molar-refractivity contribution in [2.45, 2.75) is 45.6 Å². The van der Waals surface area contributed by atoms with Crippen LogP contribution in [0.3, 0.4) is 0 Å². The first-order valence-electron chi connectivity index (χ1n) is 7.36. The lowest BCUT2D eigenvalue weighted by Crippen LogP contribution is -2.10. The molecule has 1 aliphatic carbocycles. The summed E-state index contributed by atoms with van der Waals surface area (Å²) >= 11 is 1.67. The maximum absolute atomic E-state index is 11.9. The maximum atomic E-state index is 11.9. The van der Waals surface area contributed by atoms with Gasteiger partial charge in [0.2, 0.25) is 0 Å². The Bertz CT molecular complexity index is 661. The van der Waals surface area contributed by atoms with Gasteiger partial charge < -0.3 is 4.74 Å². The van der Waals surface area contributed by atoms with Gasteiger partial charge in [0.15, 0.2) is 5.78 Å². The third kappa shape index (κ3) is 3.16. The van der Waals surface area contributed by atoms with Crippen LogP contribution in [-0.2, 0) is 13.0 Å². The van der Waals surface area contributed by atoms with Gasteiger partial charge in [-0.05, 0) is 30.5 Å². The Morgan fingerprint density at radius 3 is 2.95 bits per heavy atom. The molecule has 0 unspecified atom stereocenters. The van der Waals surface area contributed by atoms with Crippen molar-refractivity contribution in [3.05, 3.63) is 45.4 Å². The van der Waals surface area contributed by atoms with E-state index >= 15 is 0 Å². The zero-order valence-electron chi connectivity index (χ0n) is 12.4. The lowest BCUT2D eigenvalue weighted by Gasteiger charge is -2.15. The Morgan fingerprint density at radius 2 is 2.19 bits per heavy atom. The number of ketones is 1. The van der Waals surface area contributed by atoms with Gasteiger partial charge >= 0.3 is 0 Å². The van der Waals surface area contributed by atoms with E-state index in [1.807, 2.05) is 23.6 Å². The monoisotopic (exact) mass is 301 g/mol. The van der Waals surface area contributed by atoms with Crippen LogP contribution in [0, 0.1) is 0 Å². The molecule has 3 rings (SSSR count). The molecule has 0 radical (unpaired) electrons. The number of carbonyl (C=O) groups is 1. The van der Waals surface area contributed by atoms with Gasteiger partial charge in [0.05, 0.1) is 10.7 Å². The zero-order chi connectivity index (χ0) is 14.8. The molecule has 110 valence electrons. The second kappa shape index (κ2) is 5.98.